The van der Waals surface area contributed by atoms with E-state index in [0.717, 1.165) is 27.8 Å². The molecule has 2 aromatic carbocycles. The summed E-state index contributed by atoms with van der Waals surface area (Å²) in [5.41, 5.74) is 1.04. The van der Waals surface area contributed by atoms with Crippen molar-refractivity contribution < 1.29 is 13.9 Å². The second-order valence-corrected chi connectivity index (χ2v) is 12.5. The molecule has 1 unspecified atom stereocenters. The first-order chi connectivity index (χ1) is 11.1. The zero-order valence-electron chi connectivity index (χ0n) is 16.2. The van der Waals surface area contributed by atoms with Crippen LogP contribution in [0.3, 0.4) is 0 Å². The van der Waals surface area contributed by atoms with Gasteiger partial charge in [0.05, 0.1) is 20.3 Å². The quantitative estimate of drug-likeness (QED) is 0.627. The fourth-order valence-electron chi connectivity index (χ4n) is 2.72. The van der Waals surface area contributed by atoms with Gasteiger partial charge >= 0.3 is 0 Å². The molecule has 0 spiro atoms. The van der Waals surface area contributed by atoms with Crippen molar-refractivity contribution in [2.75, 3.05) is 14.2 Å². The van der Waals surface area contributed by atoms with Crippen LogP contribution in [0.15, 0.2) is 30.3 Å². The van der Waals surface area contributed by atoms with Crippen molar-refractivity contribution in [2.45, 2.75) is 51.9 Å². The molecular weight excluding hydrogens is 316 g/mol. The van der Waals surface area contributed by atoms with Crippen LogP contribution in [0, 0.1) is 0 Å². The predicted molar refractivity (Wildman–Crippen MR) is 104 cm³/mol. The summed E-state index contributed by atoms with van der Waals surface area (Å²) in [6, 6.07) is 10.2. The smallest absolute Gasteiger partial charge is 0.192 e. The lowest BCUT2D eigenvalue weighted by atomic mass is 10.0. The van der Waals surface area contributed by atoms with E-state index in [9.17, 15) is 0 Å². The molecule has 0 aliphatic carbocycles. The second-order valence-electron chi connectivity index (χ2n) is 7.77. The van der Waals surface area contributed by atoms with Crippen LogP contribution in [0.2, 0.25) is 18.1 Å². The Morgan fingerprint density at radius 2 is 1.54 bits per heavy atom. The van der Waals surface area contributed by atoms with Gasteiger partial charge in [0.2, 0.25) is 0 Å². The van der Waals surface area contributed by atoms with Crippen molar-refractivity contribution in [3.8, 4) is 11.5 Å². The van der Waals surface area contributed by atoms with Gasteiger partial charge in [-0.1, -0.05) is 45.0 Å². The number of hydrogen-bond donors (Lipinski definition) is 0. The summed E-state index contributed by atoms with van der Waals surface area (Å²) in [6.07, 6.45) is -0.0562. The SMILES string of the molecule is COc1cc(C(C)O[Si](C)(C)C(C)(C)C)c(OC)c2ccccc12. The van der Waals surface area contributed by atoms with E-state index in [0.29, 0.717) is 0 Å². The third-order valence-electron chi connectivity index (χ3n) is 5.13. The van der Waals surface area contributed by atoms with Crippen LogP contribution in [-0.4, -0.2) is 22.5 Å². The van der Waals surface area contributed by atoms with Crippen LogP contribution in [0.1, 0.15) is 39.4 Å². The largest absolute Gasteiger partial charge is 0.496 e. The van der Waals surface area contributed by atoms with Crippen LogP contribution < -0.4 is 9.47 Å². The van der Waals surface area contributed by atoms with Crippen LogP contribution in [-0.2, 0) is 4.43 Å². The molecule has 0 aliphatic heterocycles. The van der Waals surface area contributed by atoms with Crippen molar-refractivity contribution in [3.05, 3.63) is 35.9 Å². The zero-order chi connectivity index (χ0) is 18.1. The van der Waals surface area contributed by atoms with E-state index in [1.165, 1.54) is 0 Å². The van der Waals surface area contributed by atoms with Crippen molar-refractivity contribution in [1.82, 2.24) is 0 Å². The van der Waals surface area contributed by atoms with Gasteiger partial charge in [-0.25, -0.2) is 0 Å². The summed E-state index contributed by atoms with van der Waals surface area (Å²) in [5.74, 6) is 1.73. The highest BCUT2D eigenvalue weighted by Crippen LogP contribution is 2.44. The molecule has 0 bridgehead atoms. The van der Waals surface area contributed by atoms with E-state index < -0.39 is 8.32 Å². The Morgan fingerprint density at radius 3 is 2.04 bits per heavy atom. The summed E-state index contributed by atoms with van der Waals surface area (Å²) in [5, 5.41) is 2.27. The van der Waals surface area contributed by atoms with E-state index in [4.69, 9.17) is 13.9 Å². The lowest BCUT2D eigenvalue weighted by Gasteiger charge is -2.38. The Morgan fingerprint density at radius 1 is 0.958 bits per heavy atom. The third-order valence-corrected chi connectivity index (χ3v) is 9.68. The molecule has 2 aromatic rings. The van der Waals surface area contributed by atoms with Gasteiger partial charge in [0, 0.05) is 16.3 Å². The first-order valence-corrected chi connectivity index (χ1v) is 11.3. The minimum Gasteiger partial charge on any atom is -0.496 e. The number of methoxy groups -OCH3 is 2. The molecule has 4 heteroatoms. The molecule has 3 nitrogen and oxygen atoms in total. The molecule has 0 fully saturated rings. The molecule has 0 saturated carbocycles. The number of hydrogen-bond acceptors (Lipinski definition) is 3. The molecule has 0 N–H and O–H groups in total. The van der Waals surface area contributed by atoms with Crippen molar-refractivity contribution >= 4 is 19.1 Å². The van der Waals surface area contributed by atoms with Crippen molar-refractivity contribution in [2.24, 2.45) is 0 Å². The molecule has 0 aromatic heterocycles. The molecule has 132 valence electrons. The fourth-order valence-corrected chi connectivity index (χ4v) is 4.08. The summed E-state index contributed by atoms with van der Waals surface area (Å²) in [7, 11) is 1.55. The molecule has 0 saturated heterocycles. The monoisotopic (exact) mass is 346 g/mol. The Balaban J connectivity index is 2.55. The van der Waals surface area contributed by atoms with E-state index in [1.54, 1.807) is 14.2 Å². The summed E-state index contributed by atoms with van der Waals surface area (Å²) < 4.78 is 18.0. The molecule has 0 aliphatic rings. The molecule has 2 rings (SSSR count). The van der Waals surface area contributed by atoms with E-state index >= 15 is 0 Å². The normalized spacial score (nSPS) is 13.8. The van der Waals surface area contributed by atoms with Gasteiger partial charge in [-0.15, -0.1) is 0 Å². The van der Waals surface area contributed by atoms with Gasteiger partial charge in [-0.3, -0.25) is 0 Å². The standard InChI is InChI=1S/C20H30O3Si/c1-14(23-24(7,8)20(2,3)4)17-13-18(21-5)15-11-9-10-12-16(15)19(17)22-6/h9-14H,1-8H3. The fraction of sp³-hybridized carbons (Fsp3) is 0.500. The number of rotatable bonds is 5. The number of fused-ring (bicyclic) bond motifs is 1. The maximum absolute atomic E-state index is 6.58. The van der Waals surface area contributed by atoms with Crippen LogP contribution in [0.4, 0.5) is 0 Å². The molecule has 0 radical (unpaired) electrons. The number of ether oxygens (including phenoxy) is 2. The van der Waals surface area contributed by atoms with E-state index in [1.807, 2.05) is 12.1 Å². The van der Waals surface area contributed by atoms with Gasteiger partial charge in [-0.05, 0) is 31.1 Å². The molecule has 0 amide bonds. The van der Waals surface area contributed by atoms with Gasteiger partial charge in [0.15, 0.2) is 8.32 Å². The zero-order valence-corrected chi connectivity index (χ0v) is 17.2. The van der Waals surface area contributed by atoms with Gasteiger partial charge in [0.1, 0.15) is 11.5 Å². The highest BCUT2D eigenvalue weighted by atomic mass is 28.4. The molecule has 0 heterocycles. The van der Waals surface area contributed by atoms with Gasteiger partial charge in [0.25, 0.3) is 0 Å². The van der Waals surface area contributed by atoms with Gasteiger partial charge < -0.3 is 13.9 Å². The third kappa shape index (κ3) is 3.45. The lowest BCUT2D eigenvalue weighted by molar-refractivity contribution is 0.198. The summed E-state index contributed by atoms with van der Waals surface area (Å²) in [4.78, 5) is 0. The minimum absolute atomic E-state index is 0.0562. The Kier molecular flexibility index (Phi) is 5.30. The van der Waals surface area contributed by atoms with Crippen LogP contribution in [0.25, 0.3) is 10.8 Å². The lowest BCUT2D eigenvalue weighted by Crippen LogP contribution is -2.41. The predicted octanol–water partition coefficient (Wildman–Crippen LogP) is 5.94. The average Bonchev–Trinajstić information content (AvgIpc) is 2.51. The second kappa shape index (κ2) is 6.77. The highest BCUT2D eigenvalue weighted by Gasteiger charge is 2.39. The van der Waals surface area contributed by atoms with Gasteiger partial charge in [-0.2, -0.15) is 0 Å². The topological polar surface area (TPSA) is 27.7 Å². The Hall–Kier alpha value is -1.52. The maximum atomic E-state index is 6.58. The minimum atomic E-state index is -1.88. The summed E-state index contributed by atoms with van der Waals surface area (Å²) >= 11 is 0. The summed E-state index contributed by atoms with van der Waals surface area (Å²) in [6.45, 7) is 13.4. The Bertz CT molecular complexity index is 717. The first-order valence-electron chi connectivity index (χ1n) is 8.44. The molecule has 1 atom stereocenters. The van der Waals surface area contributed by atoms with Crippen molar-refractivity contribution in [3.63, 3.8) is 0 Å². The van der Waals surface area contributed by atoms with Crippen LogP contribution >= 0.6 is 0 Å². The molecular formula is C20H30O3Si. The first kappa shape index (κ1) is 18.8. The molecule has 24 heavy (non-hydrogen) atoms. The number of benzene rings is 2. The van der Waals surface area contributed by atoms with Crippen LogP contribution in [0.5, 0.6) is 11.5 Å². The highest BCUT2D eigenvalue weighted by molar-refractivity contribution is 6.74. The van der Waals surface area contributed by atoms with E-state index in [-0.39, 0.29) is 11.1 Å². The maximum Gasteiger partial charge on any atom is 0.192 e. The Labute approximate surface area is 147 Å². The van der Waals surface area contributed by atoms with Crippen molar-refractivity contribution in [1.29, 1.82) is 0 Å². The van der Waals surface area contributed by atoms with E-state index in [2.05, 4.69) is 59.0 Å². The average molecular weight is 347 g/mol.